The van der Waals surface area contributed by atoms with Gasteiger partial charge in [0.15, 0.2) is 19.8 Å². The van der Waals surface area contributed by atoms with Crippen molar-refractivity contribution in [1.82, 2.24) is 5.32 Å². The third-order valence-corrected chi connectivity index (χ3v) is 11.8. The molecule has 10 heteroatoms. The second-order valence-corrected chi connectivity index (χ2v) is 15.6. The summed E-state index contributed by atoms with van der Waals surface area (Å²) in [5.41, 5.74) is 0.636. The highest BCUT2D eigenvalue weighted by atomic mass is 28.4. The van der Waals surface area contributed by atoms with E-state index in [2.05, 4.69) is 39.2 Å². The van der Waals surface area contributed by atoms with Crippen LogP contribution in [0.5, 0.6) is 17.2 Å². The highest BCUT2D eigenvalue weighted by Crippen LogP contribution is 2.42. The average Bonchev–Trinajstić information content (AvgIpc) is 2.84. The lowest BCUT2D eigenvalue weighted by Crippen LogP contribution is -2.41. The van der Waals surface area contributed by atoms with Crippen LogP contribution >= 0.6 is 0 Å². The van der Waals surface area contributed by atoms with Crippen molar-refractivity contribution in [3.05, 3.63) is 52.6 Å². The van der Waals surface area contributed by atoms with Gasteiger partial charge in [-0.2, -0.15) is 13.2 Å². The van der Waals surface area contributed by atoms with Crippen molar-refractivity contribution in [1.29, 1.82) is 0 Å². The number of carbonyl (C=O) groups is 1. The minimum absolute atomic E-state index is 0.00306. The third kappa shape index (κ3) is 7.44. The van der Waals surface area contributed by atoms with E-state index in [1.54, 1.807) is 19.1 Å². The maximum Gasteiger partial charge on any atom is 0.416 e. The predicted octanol–water partition coefficient (Wildman–Crippen LogP) is 6.97. The first kappa shape index (κ1) is 31.5. The molecule has 1 unspecified atom stereocenters. The van der Waals surface area contributed by atoms with Crippen LogP contribution < -0.4 is 19.5 Å². The number of halogens is 3. The molecule has 2 aromatic carbocycles. The van der Waals surface area contributed by atoms with Gasteiger partial charge in [-0.1, -0.05) is 39.0 Å². The summed E-state index contributed by atoms with van der Waals surface area (Å²) >= 11 is 0. The molecule has 1 atom stereocenters. The SMILES string of the molecule is COc1cc(C(=O)NCC(CCO[Si](C)(C)C(C)(C)C)c2cccc(C(F)(F)F)c2)c(C)c(OC)c1OC. The van der Waals surface area contributed by atoms with E-state index in [4.69, 9.17) is 18.6 Å². The summed E-state index contributed by atoms with van der Waals surface area (Å²) < 4.78 is 62.8. The molecule has 0 fully saturated rings. The van der Waals surface area contributed by atoms with Crippen LogP contribution in [0.4, 0.5) is 13.2 Å². The molecular weight excluding hydrogens is 515 g/mol. The number of ether oxygens (including phenoxy) is 3. The lowest BCUT2D eigenvalue weighted by atomic mass is 9.94. The Kier molecular flexibility index (Phi) is 10.3. The van der Waals surface area contributed by atoms with Crippen molar-refractivity contribution < 1.29 is 36.6 Å². The van der Waals surface area contributed by atoms with E-state index >= 15 is 0 Å². The highest BCUT2D eigenvalue weighted by molar-refractivity contribution is 6.74. The molecule has 0 aromatic heterocycles. The zero-order chi connectivity index (χ0) is 28.9. The number of alkyl halides is 3. The summed E-state index contributed by atoms with van der Waals surface area (Å²) in [7, 11) is 2.35. The van der Waals surface area contributed by atoms with Gasteiger partial charge in [0.05, 0.1) is 26.9 Å². The van der Waals surface area contributed by atoms with Gasteiger partial charge < -0.3 is 24.0 Å². The monoisotopic (exact) mass is 555 g/mol. The van der Waals surface area contributed by atoms with Crippen molar-refractivity contribution in [2.24, 2.45) is 0 Å². The molecule has 0 aliphatic carbocycles. The van der Waals surface area contributed by atoms with E-state index in [0.717, 1.165) is 12.1 Å². The van der Waals surface area contributed by atoms with Crippen LogP contribution in [0.1, 0.15) is 60.2 Å². The lowest BCUT2D eigenvalue weighted by molar-refractivity contribution is -0.137. The molecule has 212 valence electrons. The minimum atomic E-state index is -4.46. The number of amides is 1. The minimum Gasteiger partial charge on any atom is -0.493 e. The van der Waals surface area contributed by atoms with Crippen LogP contribution in [0.3, 0.4) is 0 Å². The fourth-order valence-electron chi connectivity index (χ4n) is 3.88. The summed E-state index contributed by atoms with van der Waals surface area (Å²) in [5.74, 6) is 0.276. The Bertz CT molecular complexity index is 1110. The third-order valence-electron chi connectivity index (χ3n) is 7.25. The predicted molar refractivity (Wildman–Crippen MR) is 145 cm³/mol. The maximum atomic E-state index is 13.4. The summed E-state index contributed by atoms with van der Waals surface area (Å²) in [5, 5.41) is 2.90. The standard InChI is InChI=1S/C28H40F3NO5Si/c1-18-22(16-23(34-5)25(36-7)24(18)35-6)26(33)32-17-20(13-14-37-38(8,9)27(2,3)4)19-11-10-12-21(15-19)28(29,30)31/h10-12,15-16,20H,13-14,17H2,1-9H3,(H,32,33). The average molecular weight is 556 g/mol. The van der Waals surface area contributed by atoms with Crippen molar-refractivity contribution in [2.75, 3.05) is 34.5 Å². The Balaban J connectivity index is 2.34. The van der Waals surface area contributed by atoms with Crippen molar-refractivity contribution in [3.8, 4) is 17.2 Å². The van der Waals surface area contributed by atoms with Crippen LogP contribution in [-0.4, -0.2) is 48.7 Å². The molecular formula is C28H40F3NO5Si. The summed E-state index contributed by atoms with van der Waals surface area (Å²) in [6.07, 6.45) is -4.02. The highest BCUT2D eigenvalue weighted by Gasteiger charge is 2.37. The van der Waals surface area contributed by atoms with Crippen LogP contribution in [0.15, 0.2) is 30.3 Å². The van der Waals surface area contributed by atoms with Gasteiger partial charge in [-0.3, -0.25) is 4.79 Å². The van der Waals surface area contributed by atoms with Gasteiger partial charge in [-0.25, -0.2) is 0 Å². The van der Waals surface area contributed by atoms with Gasteiger partial charge in [0.1, 0.15) is 0 Å². The molecule has 1 N–H and O–H groups in total. The molecule has 0 radical (unpaired) electrons. The Morgan fingerprint density at radius 1 is 1.00 bits per heavy atom. The second-order valence-electron chi connectivity index (χ2n) is 10.7. The van der Waals surface area contributed by atoms with E-state index in [1.165, 1.54) is 27.4 Å². The first-order chi connectivity index (χ1) is 17.6. The smallest absolute Gasteiger partial charge is 0.416 e. The Morgan fingerprint density at radius 2 is 1.63 bits per heavy atom. The zero-order valence-corrected chi connectivity index (χ0v) is 24.8. The maximum absolute atomic E-state index is 13.4. The Morgan fingerprint density at radius 3 is 2.16 bits per heavy atom. The first-order valence-electron chi connectivity index (χ1n) is 12.5. The molecule has 2 aromatic rings. The van der Waals surface area contributed by atoms with Gasteiger partial charge >= 0.3 is 6.18 Å². The molecule has 0 aliphatic heterocycles. The van der Waals surface area contributed by atoms with E-state index < -0.39 is 31.9 Å². The van der Waals surface area contributed by atoms with Gasteiger partial charge in [0, 0.05) is 30.2 Å². The van der Waals surface area contributed by atoms with Gasteiger partial charge in [-0.05, 0) is 49.2 Å². The fraction of sp³-hybridized carbons (Fsp3) is 0.536. The zero-order valence-electron chi connectivity index (χ0n) is 23.8. The molecule has 38 heavy (non-hydrogen) atoms. The van der Waals surface area contributed by atoms with E-state index in [9.17, 15) is 18.0 Å². The largest absolute Gasteiger partial charge is 0.493 e. The number of carbonyl (C=O) groups excluding carboxylic acids is 1. The number of methoxy groups -OCH3 is 3. The summed E-state index contributed by atoms with van der Waals surface area (Å²) in [6.45, 7) is 12.9. The number of hydrogen-bond acceptors (Lipinski definition) is 5. The van der Waals surface area contributed by atoms with Gasteiger partial charge in [-0.15, -0.1) is 0 Å². The van der Waals surface area contributed by atoms with Gasteiger partial charge in [0.25, 0.3) is 5.91 Å². The van der Waals surface area contributed by atoms with Crippen molar-refractivity contribution >= 4 is 14.2 Å². The number of benzene rings is 2. The number of rotatable bonds is 11. The van der Waals surface area contributed by atoms with Crippen LogP contribution in [0, 0.1) is 6.92 Å². The van der Waals surface area contributed by atoms with E-state index in [-0.39, 0.29) is 11.6 Å². The fourth-order valence-corrected chi connectivity index (χ4v) is 4.94. The molecule has 0 aliphatic rings. The molecule has 0 spiro atoms. The summed E-state index contributed by atoms with van der Waals surface area (Å²) in [6, 6.07) is 6.80. The first-order valence-corrected chi connectivity index (χ1v) is 15.4. The summed E-state index contributed by atoms with van der Waals surface area (Å²) in [4.78, 5) is 13.3. The van der Waals surface area contributed by atoms with Crippen LogP contribution in [0.2, 0.25) is 18.1 Å². The van der Waals surface area contributed by atoms with Gasteiger partial charge in [0.2, 0.25) is 5.75 Å². The number of hydrogen-bond donors (Lipinski definition) is 1. The molecule has 1 amide bonds. The molecule has 0 saturated carbocycles. The topological polar surface area (TPSA) is 66.0 Å². The molecule has 6 nitrogen and oxygen atoms in total. The Labute approximate surface area is 224 Å². The van der Waals surface area contributed by atoms with Crippen molar-refractivity contribution in [2.45, 2.75) is 64.3 Å². The number of nitrogens with one attached hydrogen (secondary N) is 1. The van der Waals surface area contributed by atoms with Crippen molar-refractivity contribution in [3.63, 3.8) is 0 Å². The van der Waals surface area contributed by atoms with Crippen LogP contribution in [0.25, 0.3) is 0 Å². The van der Waals surface area contributed by atoms with E-state index in [0.29, 0.717) is 47.0 Å². The van der Waals surface area contributed by atoms with Crippen LogP contribution in [-0.2, 0) is 10.6 Å². The van der Waals surface area contributed by atoms with E-state index in [1.807, 2.05) is 0 Å². The Hall–Kier alpha value is -2.72. The molecule has 0 heterocycles. The second kappa shape index (κ2) is 12.4. The normalized spacial score (nSPS) is 13.2. The molecule has 2 rings (SSSR count). The lowest BCUT2D eigenvalue weighted by Gasteiger charge is -2.36. The molecule has 0 saturated heterocycles. The quantitative estimate of drug-likeness (QED) is 0.304. The molecule has 0 bridgehead atoms.